The molecule has 1 aromatic heterocycles. The first-order chi connectivity index (χ1) is 8.58. The summed E-state index contributed by atoms with van der Waals surface area (Å²) in [5.41, 5.74) is 7.89. The number of nitrogens with two attached hydrogens (primary N) is 1. The van der Waals surface area contributed by atoms with Crippen molar-refractivity contribution in [2.24, 2.45) is 0 Å². The average molecular weight is 327 g/mol. The summed E-state index contributed by atoms with van der Waals surface area (Å²) in [5, 5.41) is 0.663. The maximum atomic E-state index is 6.26. The van der Waals surface area contributed by atoms with Crippen molar-refractivity contribution in [2.75, 3.05) is 5.73 Å². The van der Waals surface area contributed by atoms with Gasteiger partial charge in [-0.05, 0) is 31.9 Å². The molecule has 94 valence electrons. The maximum absolute atomic E-state index is 6.26. The van der Waals surface area contributed by atoms with E-state index in [4.69, 9.17) is 17.3 Å². The molecule has 3 nitrogen and oxygen atoms in total. The van der Waals surface area contributed by atoms with Crippen LogP contribution in [0.15, 0.2) is 22.7 Å². The lowest BCUT2D eigenvalue weighted by atomic mass is 10.1. The van der Waals surface area contributed by atoms with Gasteiger partial charge in [-0.1, -0.05) is 33.6 Å². The van der Waals surface area contributed by atoms with E-state index in [1.54, 1.807) is 0 Å². The molecule has 3 rings (SSSR count). The second-order valence-corrected chi connectivity index (χ2v) is 5.94. The van der Waals surface area contributed by atoms with Crippen LogP contribution in [0.1, 0.15) is 24.7 Å². The summed E-state index contributed by atoms with van der Waals surface area (Å²) in [5.74, 6) is 1.68. The molecule has 1 aromatic carbocycles. The Labute approximate surface area is 119 Å². The first-order valence-corrected chi connectivity index (χ1v) is 7.04. The lowest BCUT2D eigenvalue weighted by Crippen LogP contribution is -2.02. The summed E-state index contributed by atoms with van der Waals surface area (Å²) in [6.45, 7) is 1.99. The van der Waals surface area contributed by atoms with Gasteiger partial charge in [0.25, 0.3) is 0 Å². The van der Waals surface area contributed by atoms with Crippen LogP contribution in [-0.4, -0.2) is 9.55 Å². The summed E-state index contributed by atoms with van der Waals surface area (Å²) in [6, 6.07) is 6.29. The number of nitrogens with zero attached hydrogens (tertiary/aromatic N) is 2. The van der Waals surface area contributed by atoms with Crippen molar-refractivity contribution in [1.82, 2.24) is 9.55 Å². The second-order valence-electron chi connectivity index (χ2n) is 4.62. The van der Waals surface area contributed by atoms with E-state index in [0.717, 1.165) is 27.4 Å². The van der Waals surface area contributed by atoms with Gasteiger partial charge in [0, 0.05) is 16.1 Å². The molecule has 2 N–H and O–H groups in total. The molecule has 0 bridgehead atoms. The Bertz CT molecular complexity index is 617. The third kappa shape index (κ3) is 1.93. The van der Waals surface area contributed by atoms with Crippen LogP contribution in [0.5, 0.6) is 0 Å². The van der Waals surface area contributed by atoms with E-state index in [1.807, 2.05) is 25.1 Å². The molecule has 5 heteroatoms. The van der Waals surface area contributed by atoms with Crippen LogP contribution in [0.25, 0.3) is 11.3 Å². The Morgan fingerprint density at radius 2 is 2.17 bits per heavy atom. The van der Waals surface area contributed by atoms with Crippen LogP contribution < -0.4 is 5.73 Å². The van der Waals surface area contributed by atoms with Gasteiger partial charge in [0.15, 0.2) is 0 Å². The quantitative estimate of drug-likeness (QED) is 0.899. The SMILES string of the molecule is Cc1nc(-c2ccc(Br)cc2Cl)c(N)n1C1CC1. The summed E-state index contributed by atoms with van der Waals surface area (Å²) < 4.78 is 3.07. The van der Waals surface area contributed by atoms with E-state index in [-0.39, 0.29) is 0 Å². The van der Waals surface area contributed by atoms with Crippen LogP contribution in [0, 0.1) is 6.92 Å². The Hall–Kier alpha value is -1.00. The van der Waals surface area contributed by atoms with Gasteiger partial charge in [0.2, 0.25) is 0 Å². The van der Waals surface area contributed by atoms with Crippen LogP contribution in [0.3, 0.4) is 0 Å². The Morgan fingerprint density at radius 3 is 2.78 bits per heavy atom. The fourth-order valence-electron chi connectivity index (χ4n) is 2.23. The van der Waals surface area contributed by atoms with E-state index in [9.17, 15) is 0 Å². The molecule has 0 radical (unpaired) electrons. The fraction of sp³-hybridized carbons (Fsp3) is 0.308. The third-order valence-corrected chi connectivity index (χ3v) is 4.03. The molecule has 0 atom stereocenters. The molecule has 0 unspecified atom stereocenters. The molecule has 2 aromatic rings. The maximum Gasteiger partial charge on any atom is 0.132 e. The van der Waals surface area contributed by atoms with Crippen LogP contribution >= 0.6 is 27.5 Å². The van der Waals surface area contributed by atoms with Crippen molar-refractivity contribution >= 4 is 33.3 Å². The minimum Gasteiger partial charge on any atom is -0.383 e. The first-order valence-electron chi connectivity index (χ1n) is 5.87. The minimum absolute atomic E-state index is 0.528. The zero-order chi connectivity index (χ0) is 12.9. The zero-order valence-electron chi connectivity index (χ0n) is 9.95. The highest BCUT2D eigenvalue weighted by Crippen LogP contribution is 2.42. The van der Waals surface area contributed by atoms with Gasteiger partial charge in [-0.3, -0.25) is 0 Å². The molecular formula is C13H13BrClN3. The second kappa shape index (κ2) is 4.28. The van der Waals surface area contributed by atoms with Gasteiger partial charge in [-0.25, -0.2) is 4.98 Å². The molecule has 1 aliphatic carbocycles. The van der Waals surface area contributed by atoms with Gasteiger partial charge in [0.1, 0.15) is 17.3 Å². The number of aromatic nitrogens is 2. The van der Waals surface area contributed by atoms with Crippen molar-refractivity contribution in [3.8, 4) is 11.3 Å². The molecule has 0 saturated heterocycles. The van der Waals surface area contributed by atoms with Crippen LogP contribution in [-0.2, 0) is 0 Å². The fourth-order valence-corrected chi connectivity index (χ4v) is 3.00. The Kier molecular flexibility index (Phi) is 2.87. The summed E-state index contributed by atoms with van der Waals surface area (Å²) in [4.78, 5) is 4.57. The number of halogens is 2. The molecule has 1 aliphatic rings. The highest BCUT2D eigenvalue weighted by Gasteiger charge is 2.29. The van der Waals surface area contributed by atoms with Crippen molar-refractivity contribution in [2.45, 2.75) is 25.8 Å². The number of nitrogen functional groups attached to an aromatic ring is 1. The van der Waals surface area contributed by atoms with Crippen LogP contribution in [0.4, 0.5) is 5.82 Å². The predicted octanol–water partition coefficient (Wildman–Crippen LogP) is 4.19. The molecule has 0 aliphatic heterocycles. The van der Waals surface area contributed by atoms with Crippen molar-refractivity contribution in [1.29, 1.82) is 0 Å². The normalized spacial score (nSPS) is 15.1. The van der Waals surface area contributed by atoms with Crippen molar-refractivity contribution < 1.29 is 0 Å². The van der Waals surface area contributed by atoms with Crippen molar-refractivity contribution in [3.05, 3.63) is 33.5 Å². The zero-order valence-corrected chi connectivity index (χ0v) is 12.3. The average Bonchev–Trinajstić information content (AvgIpc) is 3.07. The smallest absolute Gasteiger partial charge is 0.132 e. The lowest BCUT2D eigenvalue weighted by Gasteiger charge is -2.06. The molecule has 18 heavy (non-hydrogen) atoms. The number of rotatable bonds is 2. The van der Waals surface area contributed by atoms with E-state index in [1.165, 1.54) is 12.8 Å². The summed E-state index contributed by atoms with van der Waals surface area (Å²) in [7, 11) is 0. The molecule has 1 heterocycles. The van der Waals surface area contributed by atoms with Gasteiger partial charge in [0.05, 0.1) is 5.02 Å². The molecule has 1 saturated carbocycles. The largest absolute Gasteiger partial charge is 0.383 e. The van der Waals surface area contributed by atoms with Gasteiger partial charge >= 0.3 is 0 Å². The Balaban J connectivity index is 2.14. The first kappa shape index (κ1) is 12.1. The highest BCUT2D eigenvalue weighted by molar-refractivity contribution is 9.10. The molecule has 0 amide bonds. The number of hydrogen-bond donors (Lipinski definition) is 1. The van der Waals surface area contributed by atoms with E-state index in [0.29, 0.717) is 11.1 Å². The van der Waals surface area contributed by atoms with E-state index >= 15 is 0 Å². The number of aryl methyl sites for hydroxylation is 1. The Morgan fingerprint density at radius 1 is 1.44 bits per heavy atom. The lowest BCUT2D eigenvalue weighted by molar-refractivity contribution is 0.720. The summed E-state index contributed by atoms with van der Waals surface area (Å²) in [6.07, 6.45) is 2.38. The highest BCUT2D eigenvalue weighted by atomic mass is 79.9. The van der Waals surface area contributed by atoms with Gasteiger partial charge in [-0.15, -0.1) is 0 Å². The number of benzene rings is 1. The number of imidazole rings is 1. The van der Waals surface area contributed by atoms with Gasteiger partial charge < -0.3 is 10.3 Å². The third-order valence-electron chi connectivity index (χ3n) is 3.22. The van der Waals surface area contributed by atoms with E-state index in [2.05, 4.69) is 25.5 Å². The number of anilines is 1. The van der Waals surface area contributed by atoms with E-state index < -0.39 is 0 Å². The predicted molar refractivity (Wildman–Crippen MR) is 77.8 cm³/mol. The standard InChI is InChI=1S/C13H13BrClN3/c1-7-17-12(13(16)18(7)9-3-4-9)10-5-2-8(14)6-11(10)15/h2,5-6,9H,3-4,16H2,1H3. The van der Waals surface area contributed by atoms with Gasteiger partial charge in [-0.2, -0.15) is 0 Å². The molecular weight excluding hydrogens is 314 g/mol. The van der Waals surface area contributed by atoms with Crippen molar-refractivity contribution in [3.63, 3.8) is 0 Å². The molecule has 0 spiro atoms. The monoisotopic (exact) mass is 325 g/mol. The molecule has 1 fully saturated rings. The topological polar surface area (TPSA) is 43.8 Å². The van der Waals surface area contributed by atoms with Crippen LogP contribution in [0.2, 0.25) is 5.02 Å². The summed E-state index contributed by atoms with van der Waals surface area (Å²) >= 11 is 9.66. The number of hydrogen-bond acceptors (Lipinski definition) is 2. The minimum atomic E-state index is 0.528.